The second-order valence-corrected chi connectivity index (χ2v) is 8.14. The van der Waals surface area contributed by atoms with Crippen molar-refractivity contribution >= 4 is 5.78 Å². The Bertz CT molecular complexity index is 370. The Kier molecular flexibility index (Phi) is 2.70. The van der Waals surface area contributed by atoms with Crippen molar-refractivity contribution in [1.82, 2.24) is 0 Å². The van der Waals surface area contributed by atoms with Crippen molar-refractivity contribution in [3.8, 4) is 0 Å². The summed E-state index contributed by atoms with van der Waals surface area (Å²) in [7, 11) is 0. The SMILES string of the molecule is CC1CCC(=O)CC1[C@H]1C[C@@H]2CC[C@@]1(C)C2(C)C. The lowest BCUT2D eigenvalue weighted by molar-refractivity contribution is -0.124. The van der Waals surface area contributed by atoms with E-state index in [-0.39, 0.29) is 0 Å². The van der Waals surface area contributed by atoms with Gasteiger partial charge in [-0.2, -0.15) is 0 Å². The van der Waals surface area contributed by atoms with Gasteiger partial charge in [-0.25, -0.2) is 0 Å². The van der Waals surface area contributed by atoms with Crippen molar-refractivity contribution in [3.05, 3.63) is 0 Å². The van der Waals surface area contributed by atoms with Crippen molar-refractivity contribution < 1.29 is 4.79 Å². The van der Waals surface area contributed by atoms with Gasteiger partial charge in [0.15, 0.2) is 0 Å². The van der Waals surface area contributed by atoms with E-state index >= 15 is 0 Å². The van der Waals surface area contributed by atoms with E-state index in [4.69, 9.17) is 0 Å². The van der Waals surface area contributed by atoms with Crippen LogP contribution < -0.4 is 0 Å². The lowest BCUT2D eigenvalue weighted by atomic mass is 9.59. The molecule has 0 aromatic carbocycles. The van der Waals surface area contributed by atoms with Crippen LogP contribution in [0.3, 0.4) is 0 Å². The average molecular weight is 248 g/mol. The van der Waals surface area contributed by atoms with Crippen LogP contribution >= 0.6 is 0 Å². The molecule has 1 nitrogen and oxygen atoms in total. The molecule has 0 saturated heterocycles. The van der Waals surface area contributed by atoms with Gasteiger partial charge in [0, 0.05) is 12.8 Å². The van der Waals surface area contributed by atoms with Gasteiger partial charge in [0.25, 0.3) is 0 Å². The first-order valence-electron chi connectivity index (χ1n) is 7.88. The predicted octanol–water partition coefficient (Wildman–Crippen LogP) is 4.45. The summed E-state index contributed by atoms with van der Waals surface area (Å²) in [6.45, 7) is 9.88. The fourth-order valence-corrected chi connectivity index (χ4v) is 5.62. The number of carbonyl (C=O) groups is 1. The highest BCUT2D eigenvalue weighted by atomic mass is 16.1. The largest absolute Gasteiger partial charge is 0.300 e. The monoisotopic (exact) mass is 248 g/mol. The van der Waals surface area contributed by atoms with E-state index in [1.165, 1.54) is 19.3 Å². The highest BCUT2D eigenvalue weighted by Crippen LogP contribution is 2.70. The fraction of sp³-hybridized carbons (Fsp3) is 0.941. The summed E-state index contributed by atoms with van der Waals surface area (Å²) in [5.41, 5.74) is 0.992. The quantitative estimate of drug-likeness (QED) is 0.670. The lowest BCUT2D eigenvalue weighted by Gasteiger charge is -2.45. The minimum Gasteiger partial charge on any atom is -0.300 e. The highest BCUT2D eigenvalue weighted by Gasteiger charge is 2.63. The van der Waals surface area contributed by atoms with Crippen LogP contribution in [-0.4, -0.2) is 5.78 Å². The summed E-state index contributed by atoms with van der Waals surface area (Å²) in [5.74, 6) is 3.70. The van der Waals surface area contributed by atoms with Gasteiger partial charge in [0.05, 0.1) is 0 Å². The van der Waals surface area contributed by atoms with E-state index in [0.29, 0.717) is 22.5 Å². The number of rotatable bonds is 1. The summed E-state index contributed by atoms with van der Waals surface area (Å²) in [6, 6.07) is 0. The van der Waals surface area contributed by atoms with Gasteiger partial charge >= 0.3 is 0 Å². The third kappa shape index (κ3) is 1.48. The molecular weight excluding hydrogens is 220 g/mol. The molecule has 102 valence electrons. The predicted molar refractivity (Wildman–Crippen MR) is 74.2 cm³/mol. The molecule has 0 amide bonds. The fourth-order valence-electron chi connectivity index (χ4n) is 5.62. The molecule has 18 heavy (non-hydrogen) atoms. The molecule has 0 radical (unpaired) electrons. The second-order valence-electron chi connectivity index (χ2n) is 8.14. The van der Waals surface area contributed by atoms with Crippen molar-refractivity contribution in [2.45, 2.75) is 66.2 Å². The molecule has 5 atom stereocenters. The van der Waals surface area contributed by atoms with E-state index in [1.807, 2.05) is 0 Å². The van der Waals surface area contributed by atoms with Crippen LogP contribution in [0.25, 0.3) is 0 Å². The first kappa shape index (κ1) is 12.7. The molecule has 3 rings (SSSR count). The van der Waals surface area contributed by atoms with Crippen molar-refractivity contribution in [3.63, 3.8) is 0 Å². The van der Waals surface area contributed by atoms with E-state index in [9.17, 15) is 4.79 Å². The Morgan fingerprint density at radius 1 is 1.17 bits per heavy atom. The van der Waals surface area contributed by atoms with Crippen LogP contribution in [-0.2, 0) is 4.79 Å². The minimum atomic E-state index is 0.494. The molecule has 0 heterocycles. The molecule has 1 heteroatoms. The zero-order chi connectivity index (χ0) is 13.1. The van der Waals surface area contributed by atoms with E-state index < -0.39 is 0 Å². The smallest absolute Gasteiger partial charge is 0.133 e. The van der Waals surface area contributed by atoms with Crippen molar-refractivity contribution in [2.75, 3.05) is 0 Å². The van der Waals surface area contributed by atoms with E-state index in [0.717, 1.165) is 37.0 Å². The van der Waals surface area contributed by atoms with Gasteiger partial charge < -0.3 is 0 Å². The molecule has 3 fully saturated rings. The minimum absolute atomic E-state index is 0.494. The maximum absolute atomic E-state index is 11.8. The van der Waals surface area contributed by atoms with Crippen LogP contribution in [0.5, 0.6) is 0 Å². The summed E-state index contributed by atoms with van der Waals surface area (Å²) in [6.07, 6.45) is 7.08. The van der Waals surface area contributed by atoms with Gasteiger partial charge in [-0.1, -0.05) is 27.7 Å². The third-order valence-electron chi connectivity index (χ3n) is 7.45. The Morgan fingerprint density at radius 3 is 2.44 bits per heavy atom. The molecule has 0 aromatic heterocycles. The van der Waals surface area contributed by atoms with Crippen LogP contribution in [0, 0.1) is 34.5 Å². The maximum atomic E-state index is 11.8. The number of carbonyl (C=O) groups excluding carboxylic acids is 1. The summed E-state index contributed by atoms with van der Waals surface area (Å²) >= 11 is 0. The number of fused-ring (bicyclic) bond motifs is 2. The topological polar surface area (TPSA) is 17.1 Å². The number of hydrogen-bond acceptors (Lipinski definition) is 1. The molecular formula is C17H28O. The Labute approximate surface area is 112 Å². The first-order chi connectivity index (χ1) is 8.36. The van der Waals surface area contributed by atoms with Crippen LogP contribution in [0.4, 0.5) is 0 Å². The number of hydrogen-bond donors (Lipinski definition) is 0. The summed E-state index contributed by atoms with van der Waals surface area (Å²) < 4.78 is 0. The van der Waals surface area contributed by atoms with Gasteiger partial charge in [0.1, 0.15) is 5.78 Å². The number of Topliss-reactive ketones (excluding diaryl/α,β-unsaturated/α-hetero) is 1. The average Bonchev–Trinajstić information content (AvgIpc) is 2.64. The molecule has 2 bridgehead atoms. The van der Waals surface area contributed by atoms with Gasteiger partial charge in [-0.15, -0.1) is 0 Å². The normalized spacial score (nSPS) is 50.8. The molecule has 3 saturated carbocycles. The number of ketones is 1. The lowest BCUT2D eigenvalue weighted by Crippen LogP contribution is -2.40. The van der Waals surface area contributed by atoms with Crippen LogP contribution in [0.2, 0.25) is 0 Å². The molecule has 3 aliphatic rings. The molecule has 3 aliphatic carbocycles. The third-order valence-corrected chi connectivity index (χ3v) is 7.45. The molecule has 0 N–H and O–H groups in total. The zero-order valence-electron chi connectivity index (χ0n) is 12.5. The van der Waals surface area contributed by atoms with E-state index in [1.54, 1.807) is 0 Å². The Morgan fingerprint density at radius 2 is 1.89 bits per heavy atom. The standard InChI is InChI=1S/C17H28O/c1-11-5-6-13(18)10-14(11)15-9-12-7-8-17(15,4)16(12,2)3/h11-12,14-15H,5-10H2,1-4H3/t11?,12-,14?,15+,17+/m0/s1. The zero-order valence-corrected chi connectivity index (χ0v) is 12.5. The van der Waals surface area contributed by atoms with Crippen LogP contribution in [0.1, 0.15) is 66.2 Å². The Hall–Kier alpha value is -0.330. The molecule has 0 aromatic rings. The van der Waals surface area contributed by atoms with Crippen LogP contribution in [0.15, 0.2) is 0 Å². The molecule has 0 aliphatic heterocycles. The summed E-state index contributed by atoms with van der Waals surface area (Å²) in [5, 5.41) is 0. The first-order valence-corrected chi connectivity index (χ1v) is 7.88. The molecule has 0 spiro atoms. The molecule has 2 unspecified atom stereocenters. The highest BCUT2D eigenvalue weighted by molar-refractivity contribution is 5.79. The second kappa shape index (κ2) is 3.84. The maximum Gasteiger partial charge on any atom is 0.133 e. The van der Waals surface area contributed by atoms with Gasteiger partial charge in [-0.05, 0) is 60.2 Å². The Balaban J connectivity index is 1.88. The van der Waals surface area contributed by atoms with E-state index in [2.05, 4.69) is 27.7 Å². The van der Waals surface area contributed by atoms with Gasteiger partial charge in [0.2, 0.25) is 0 Å². The summed E-state index contributed by atoms with van der Waals surface area (Å²) in [4.78, 5) is 11.8. The van der Waals surface area contributed by atoms with Crippen molar-refractivity contribution in [2.24, 2.45) is 34.5 Å². The van der Waals surface area contributed by atoms with Crippen molar-refractivity contribution in [1.29, 1.82) is 0 Å². The van der Waals surface area contributed by atoms with Gasteiger partial charge in [-0.3, -0.25) is 4.79 Å².